The number of fused-ring (bicyclic) bond motifs is 3. The molecule has 2 atom stereocenters. The molecule has 0 saturated carbocycles. The second-order valence-electron chi connectivity index (χ2n) is 21.1. The van der Waals surface area contributed by atoms with Crippen LogP contribution < -0.4 is 0 Å². The van der Waals surface area contributed by atoms with Gasteiger partial charge in [-0.1, -0.05) is 166 Å². The van der Waals surface area contributed by atoms with Gasteiger partial charge in [-0.15, -0.1) is 68.0 Å². The topological polar surface area (TPSA) is 17.1 Å². The predicted molar refractivity (Wildman–Crippen MR) is 306 cm³/mol. The predicted octanol–water partition coefficient (Wildman–Crippen LogP) is 22.3. The second-order valence-corrected chi connectivity index (χ2v) is 27.6. The molecule has 6 heterocycles. The molecule has 7 heteroatoms. The summed E-state index contributed by atoms with van der Waals surface area (Å²) in [7, 11) is 0. The zero-order valence-corrected chi connectivity index (χ0v) is 47.4. The molecule has 7 aromatic rings. The van der Waals surface area contributed by atoms with Crippen molar-refractivity contribution in [3.8, 4) is 30.6 Å². The maximum atomic E-state index is 14.0. The first-order valence-corrected chi connectivity index (χ1v) is 31.0. The van der Waals surface area contributed by atoms with Crippen LogP contribution in [0.3, 0.4) is 0 Å². The maximum Gasteiger partial charge on any atom is 0.172 e. The Morgan fingerprint density at radius 3 is 1.62 bits per heavy atom. The minimum absolute atomic E-state index is 0.0156. The zero-order chi connectivity index (χ0) is 47.2. The smallest absolute Gasteiger partial charge is 0.172 e. The molecule has 0 spiro atoms. The number of thiophene rings is 6. The van der Waals surface area contributed by atoms with Gasteiger partial charge in [-0.25, -0.2) is 0 Å². The highest BCUT2D eigenvalue weighted by molar-refractivity contribution is 7.32. The lowest BCUT2D eigenvalue weighted by Crippen LogP contribution is -2.13. The van der Waals surface area contributed by atoms with Crippen molar-refractivity contribution in [2.24, 2.45) is 11.8 Å². The van der Waals surface area contributed by atoms with E-state index in [-0.39, 0.29) is 10.8 Å². The number of carbonyl (C=O) groups is 1. The summed E-state index contributed by atoms with van der Waals surface area (Å²) in [5.74, 6) is 1.81. The van der Waals surface area contributed by atoms with E-state index in [1.165, 1.54) is 177 Å². The van der Waals surface area contributed by atoms with Crippen molar-refractivity contribution < 1.29 is 4.79 Å². The van der Waals surface area contributed by atoms with Gasteiger partial charge >= 0.3 is 0 Å². The highest BCUT2D eigenvalue weighted by atomic mass is 32.1. The number of Topliss-reactive ketones (excluding diaryl/α,β-unsaturated/α-hetero) is 1. The lowest BCUT2D eigenvalue weighted by atomic mass is 9.87. The van der Waals surface area contributed by atoms with Crippen LogP contribution in [0.25, 0.3) is 60.9 Å². The van der Waals surface area contributed by atoms with E-state index in [9.17, 15) is 4.79 Å². The van der Waals surface area contributed by atoms with Crippen LogP contribution in [0.4, 0.5) is 0 Å². The number of rotatable bonds is 26. The number of carbonyl (C=O) groups excluding carboxylic acids is 1. The molecule has 0 radical (unpaired) electrons. The third-order valence-electron chi connectivity index (χ3n) is 14.5. The monoisotopic (exact) mass is 996 g/mol. The minimum Gasteiger partial charge on any atom is -0.293 e. The molecule has 66 heavy (non-hydrogen) atoms. The van der Waals surface area contributed by atoms with Crippen molar-refractivity contribution in [1.82, 2.24) is 0 Å². The first-order valence-electron chi connectivity index (χ1n) is 26.1. The van der Waals surface area contributed by atoms with Crippen molar-refractivity contribution in [3.63, 3.8) is 0 Å². The van der Waals surface area contributed by atoms with E-state index >= 15 is 0 Å². The summed E-state index contributed by atoms with van der Waals surface area (Å²) >= 11 is 11.9. The molecule has 358 valence electrons. The molecule has 7 rings (SSSR count). The van der Waals surface area contributed by atoms with Gasteiger partial charge in [-0.3, -0.25) is 4.79 Å². The average molecular weight is 998 g/mol. The fourth-order valence-corrected chi connectivity index (χ4v) is 17.7. The van der Waals surface area contributed by atoms with Crippen molar-refractivity contribution in [2.75, 3.05) is 0 Å². The van der Waals surface area contributed by atoms with Gasteiger partial charge in [-0.2, -0.15) is 0 Å². The maximum absolute atomic E-state index is 14.0. The molecule has 6 aromatic heterocycles. The van der Waals surface area contributed by atoms with E-state index in [2.05, 4.69) is 119 Å². The zero-order valence-electron chi connectivity index (χ0n) is 42.5. The van der Waals surface area contributed by atoms with Crippen LogP contribution in [0.2, 0.25) is 0 Å². The molecule has 0 N–H and O–H groups in total. The van der Waals surface area contributed by atoms with Crippen molar-refractivity contribution in [1.29, 1.82) is 0 Å². The lowest BCUT2D eigenvalue weighted by Gasteiger charge is -2.21. The van der Waals surface area contributed by atoms with E-state index in [0.717, 1.165) is 36.0 Å². The molecule has 1 nitrogen and oxygen atoms in total. The Bertz CT molecular complexity index is 2540. The number of ketones is 1. The Morgan fingerprint density at radius 1 is 0.530 bits per heavy atom. The van der Waals surface area contributed by atoms with Crippen molar-refractivity contribution in [3.05, 3.63) is 66.9 Å². The van der Waals surface area contributed by atoms with Gasteiger partial charge in [0, 0.05) is 77.2 Å². The van der Waals surface area contributed by atoms with E-state index in [1.807, 2.05) is 56.7 Å². The summed E-state index contributed by atoms with van der Waals surface area (Å²) in [5.41, 5.74) is 2.94. The largest absolute Gasteiger partial charge is 0.293 e. The molecule has 1 aromatic carbocycles. The van der Waals surface area contributed by atoms with Gasteiger partial charge in [0.25, 0.3) is 0 Å². The number of unbranched alkanes of at least 4 members (excludes halogenated alkanes) is 8. The first kappa shape index (κ1) is 51.7. The molecule has 0 fully saturated rings. The van der Waals surface area contributed by atoms with Crippen LogP contribution >= 0.6 is 68.0 Å². The van der Waals surface area contributed by atoms with Crippen LogP contribution in [0.15, 0.2) is 42.5 Å². The summed E-state index contributed by atoms with van der Waals surface area (Å²) in [5, 5.41) is 4.15. The standard InChI is InChI=1S/C59H80OS6/c1-12-18-21-22-23-24-25-28-45(60)48-36-44-55(63-48)56(66-57(44)59(10,11)17-6)49-35-42-51(46-31-29-40(61-46)33-38(15-4)26-19-13-2)54-43(37-50(65-54)58(7,8)9)52(53(42)64-49)47-32-30-41(62-47)34-39(16-5)27-20-14-3/h29-32,35-39H,12-28,33-34H2,1-11H3. The fourth-order valence-electron chi connectivity index (χ4n) is 9.70. The lowest BCUT2D eigenvalue weighted by molar-refractivity contribution is 0.0983. The molecule has 0 aliphatic rings. The molecule has 0 bridgehead atoms. The minimum atomic E-state index is 0.0156. The number of hydrogen-bond acceptors (Lipinski definition) is 7. The Labute approximate surface area is 423 Å². The molecular weight excluding hydrogens is 917 g/mol. The molecule has 0 aliphatic heterocycles. The normalized spacial score (nSPS) is 13.6. The Kier molecular flexibility index (Phi) is 18.2. The Morgan fingerprint density at radius 2 is 1.08 bits per heavy atom. The molecule has 0 amide bonds. The van der Waals surface area contributed by atoms with E-state index < -0.39 is 0 Å². The third-order valence-corrected chi connectivity index (χ3v) is 22.5. The van der Waals surface area contributed by atoms with Gasteiger partial charge in [0.2, 0.25) is 0 Å². The summed E-state index contributed by atoms with van der Waals surface area (Å²) in [4.78, 5) is 26.4. The number of hydrogen-bond donors (Lipinski definition) is 0. The van der Waals surface area contributed by atoms with Gasteiger partial charge in [0.1, 0.15) is 0 Å². The summed E-state index contributed by atoms with van der Waals surface area (Å²) in [6, 6.07) is 17.3. The van der Waals surface area contributed by atoms with Crippen LogP contribution in [0, 0.1) is 11.8 Å². The fraction of sp³-hybridized carbons (Fsp3) is 0.576. The highest BCUT2D eigenvalue weighted by Gasteiger charge is 2.31. The highest BCUT2D eigenvalue weighted by Crippen LogP contribution is 2.57. The molecule has 0 aliphatic carbocycles. The first-order chi connectivity index (χ1) is 31.7. The van der Waals surface area contributed by atoms with E-state index in [1.54, 1.807) is 11.3 Å². The Hall–Kier alpha value is -2.13. The van der Waals surface area contributed by atoms with Crippen LogP contribution in [0.5, 0.6) is 0 Å². The van der Waals surface area contributed by atoms with E-state index in [4.69, 9.17) is 0 Å². The molecular formula is C59H80OS6. The third kappa shape index (κ3) is 11.7. The average Bonchev–Trinajstić information content (AvgIpc) is 4.16. The van der Waals surface area contributed by atoms with E-state index in [0.29, 0.717) is 12.2 Å². The van der Waals surface area contributed by atoms with Crippen LogP contribution in [0.1, 0.15) is 214 Å². The van der Waals surface area contributed by atoms with Gasteiger partial charge in [0.05, 0.1) is 14.5 Å². The quantitative estimate of drug-likeness (QED) is 0.0390. The van der Waals surface area contributed by atoms with Crippen molar-refractivity contribution in [2.45, 2.75) is 209 Å². The molecule has 2 unspecified atom stereocenters. The second kappa shape index (κ2) is 23.2. The van der Waals surface area contributed by atoms with Crippen LogP contribution in [-0.2, 0) is 23.7 Å². The Balaban J connectivity index is 1.41. The summed E-state index contributed by atoms with van der Waals surface area (Å²) in [6.07, 6.45) is 23.0. The van der Waals surface area contributed by atoms with Crippen molar-refractivity contribution >= 4 is 104 Å². The molecule has 0 saturated heterocycles. The van der Waals surface area contributed by atoms with Gasteiger partial charge < -0.3 is 0 Å². The number of benzene rings is 1. The van der Waals surface area contributed by atoms with Gasteiger partial charge in [-0.05, 0) is 90.8 Å². The van der Waals surface area contributed by atoms with Gasteiger partial charge in [0.15, 0.2) is 5.78 Å². The van der Waals surface area contributed by atoms with Crippen LogP contribution in [-0.4, -0.2) is 5.78 Å². The SMILES string of the molecule is CCCCCCCCCC(=O)c1cc2c(C(C)(C)CC)sc(-c3cc4c(-c5ccc(CC(CC)CCCC)s5)c5sc(C(C)(C)C)cc5c(-c5ccc(CC(CC)CCCC)s5)c4s3)c2s1. The summed E-state index contributed by atoms with van der Waals surface area (Å²) in [6.45, 7) is 26.0. The summed E-state index contributed by atoms with van der Waals surface area (Å²) < 4.78 is 4.19.